The van der Waals surface area contributed by atoms with Crippen molar-refractivity contribution in [2.45, 2.75) is 19.8 Å². The molecule has 1 saturated carbocycles. The lowest BCUT2D eigenvalue weighted by Crippen LogP contribution is -2.25. The van der Waals surface area contributed by atoms with Crippen LogP contribution in [0.4, 0.5) is 5.69 Å². The number of rotatable bonds is 4. The summed E-state index contributed by atoms with van der Waals surface area (Å²) in [7, 11) is 1.45. The number of anilines is 1. The Labute approximate surface area is 110 Å². The largest absolute Gasteiger partial charge is 0.469 e. The second kappa shape index (κ2) is 4.69. The number of hydrogen-bond acceptors (Lipinski definition) is 3. The van der Waals surface area contributed by atoms with E-state index in [4.69, 9.17) is 4.74 Å². The highest BCUT2D eigenvalue weighted by molar-refractivity contribution is 9.10. The Morgan fingerprint density at radius 1 is 1.53 bits per heavy atom. The molecule has 17 heavy (non-hydrogen) atoms. The SMILES string of the molecule is COC(=O)C1(CNc2ccc(C)c(Br)c2)CC1. The lowest BCUT2D eigenvalue weighted by atomic mass is 10.1. The van der Waals surface area contributed by atoms with Gasteiger partial charge in [0.15, 0.2) is 0 Å². The van der Waals surface area contributed by atoms with Crippen molar-refractivity contribution in [3.63, 3.8) is 0 Å². The number of esters is 1. The maximum absolute atomic E-state index is 11.6. The second-order valence-corrected chi connectivity index (χ2v) is 5.44. The van der Waals surface area contributed by atoms with E-state index in [0.717, 1.165) is 23.0 Å². The molecule has 0 aliphatic heterocycles. The van der Waals surface area contributed by atoms with E-state index in [2.05, 4.69) is 21.2 Å². The van der Waals surface area contributed by atoms with Crippen molar-refractivity contribution in [3.05, 3.63) is 28.2 Å². The molecule has 0 atom stereocenters. The summed E-state index contributed by atoms with van der Waals surface area (Å²) in [5.41, 5.74) is 1.94. The summed E-state index contributed by atoms with van der Waals surface area (Å²) in [6, 6.07) is 6.10. The molecule has 3 nitrogen and oxygen atoms in total. The minimum atomic E-state index is -0.286. The Balaban J connectivity index is 1.98. The monoisotopic (exact) mass is 297 g/mol. The number of carbonyl (C=O) groups is 1. The molecule has 2 rings (SSSR count). The molecule has 0 aromatic heterocycles. The van der Waals surface area contributed by atoms with Crippen LogP contribution in [-0.4, -0.2) is 19.6 Å². The number of benzene rings is 1. The molecular formula is C13H16BrNO2. The van der Waals surface area contributed by atoms with Crippen molar-refractivity contribution < 1.29 is 9.53 Å². The normalized spacial score (nSPS) is 16.4. The van der Waals surface area contributed by atoms with E-state index in [-0.39, 0.29) is 11.4 Å². The van der Waals surface area contributed by atoms with Crippen LogP contribution >= 0.6 is 15.9 Å². The van der Waals surface area contributed by atoms with E-state index in [9.17, 15) is 4.79 Å². The molecule has 0 unspecified atom stereocenters. The molecule has 1 aromatic rings. The fourth-order valence-electron chi connectivity index (χ4n) is 1.79. The Morgan fingerprint density at radius 3 is 2.76 bits per heavy atom. The minimum Gasteiger partial charge on any atom is -0.469 e. The molecule has 0 radical (unpaired) electrons. The van der Waals surface area contributed by atoms with E-state index >= 15 is 0 Å². The van der Waals surface area contributed by atoms with Crippen LogP contribution in [0.2, 0.25) is 0 Å². The smallest absolute Gasteiger partial charge is 0.313 e. The van der Waals surface area contributed by atoms with Crippen LogP contribution < -0.4 is 5.32 Å². The van der Waals surface area contributed by atoms with E-state index < -0.39 is 0 Å². The quantitative estimate of drug-likeness (QED) is 0.868. The van der Waals surface area contributed by atoms with Gasteiger partial charge in [0.2, 0.25) is 0 Å². The number of hydrogen-bond donors (Lipinski definition) is 1. The highest BCUT2D eigenvalue weighted by atomic mass is 79.9. The molecule has 0 amide bonds. The van der Waals surface area contributed by atoms with Gasteiger partial charge in [-0.3, -0.25) is 4.79 Å². The van der Waals surface area contributed by atoms with Gasteiger partial charge in [0, 0.05) is 16.7 Å². The van der Waals surface area contributed by atoms with E-state index in [1.54, 1.807) is 0 Å². The molecule has 0 bridgehead atoms. The maximum Gasteiger partial charge on any atom is 0.313 e. The number of aryl methyl sites for hydroxylation is 1. The fraction of sp³-hybridized carbons (Fsp3) is 0.462. The topological polar surface area (TPSA) is 38.3 Å². The summed E-state index contributed by atoms with van der Waals surface area (Å²) in [6.07, 6.45) is 1.83. The van der Waals surface area contributed by atoms with Crippen molar-refractivity contribution in [1.29, 1.82) is 0 Å². The van der Waals surface area contributed by atoms with Crippen molar-refractivity contribution in [2.75, 3.05) is 19.0 Å². The standard InChI is InChI=1S/C13H16BrNO2/c1-9-3-4-10(7-11(9)14)15-8-13(5-6-13)12(16)17-2/h3-4,7,15H,5-6,8H2,1-2H3. The zero-order valence-corrected chi connectivity index (χ0v) is 11.6. The molecule has 1 aromatic carbocycles. The molecule has 1 aliphatic rings. The minimum absolute atomic E-state index is 0.101. The van der Waals surface area contributed by atoms with Gasteiger partial charge in [0.25, 0.3) is 0 Å². The van der Waals surface area contributed by atoms with Crippen LogP contribution in [0, 0.1) is 12.3 Å². The average Bonchev–Trinajstić information content (AvgIpc) is 3.11. The molecule has 1 N–H and O–H groups in total. The van der Waals surface area contributed by atoms with Crippen molar-refractivity contribution >= 4 is 27.6 Å². The first-order valence-electron chi connectivity index (χ1n) is 5.66. The van der Waals surface area contributed by atoms with Gasteiger partial charge in [0.1, 0.15) is 0 Å². The zero-order valence-electron chi connectivity index (χ0n) is 10.0. The van der Waals surface area contributed by atoms with Crippen molar-refractivity contribution in [2.24, 2.45) is 5.41 Å². The number of ether oxygens (including phenoxy) is 1. The maximum atomic E-state index is 11.6. The Kier molecular flexibility index (Phi) is 3.43. The molecule has 0 spiro atoms. The predicted octanol–water partition coefficient (Wildman–Crippen LogP) is 3.12. The number of halogens is 1. The third kappa shape index (κ3) is 2.63. The Bertz CT molecular complexity index is 441. The lowest BCUT2D eigenvalue weighted by molar-refractivity contribution is -0.146. The highest BCUT2D eigenvalue weighted by Gasteiger charge is 2.50. The summed E-state index contributed by atoms with van der Waals surface area (Å²) >= 11 is 3.49. The molecule has 92 valence electrons. The van der Waals surface area contributed by atoms with Gasteiger partial charge in [-0.05, 0) is 37.5 Å². The third-order valence-electron chi connectivity index (χ3n) is 3.27. The number of nitrogens with one attached hydrogen (secondary N) is 1. The Morgan fingerprint density at radius 2 is 2.24 bits per heavy atom. The van der Waals surface area contributed by atoms with Crippen LogP contribution in [0.5, 0.6) is 0 Å². The molecule has 4 heteroatoms. The lowest BCUT2D eigenvalue weighted by Gasteiger charge is -2.14. The second-order valence-electron chi connectivity index (χ2n) is 4.59. The predicted molar refractivity (Wildman–Crippen MR) is 71.1 cm³/mol. The van der Waals surface area contributed by atoms with Crippen LogP contribution in [0.25, 0.3) is 0 Å². The van der Waals surface area contributed by atoms with Gasteiger partial charge in [-0.1, -0.05) is 22.0 Å². The molecule has 1 fully saturated rings. The Hall–Kier alpha value is -1.03. The fourth-order valence-corrected chi connectivity index (χ4v) is 2.17. The van der Waals surface area contributed by atoms with Gasteiger partial charge < -0.3 is 10.1 Å². The van der Waals surface area contributed by atoms with Gasteiger partial charge in [-0.15, -0.1) is 0 Å². The zero-order chi connectivity index (χ0) is 12.5. The van der Waals surface area contributed by atoms with Crippen LogP contribution in [0.3, 0.4) is 0 Å². The first-order chi connectivity index (χ1) is 8.07. The van der Waals surface area contributed by atoms with Crippen molar-refractivity contribution in [1.82, 2.24) is 0 Å². The summed E-state index contributed by atoms with van der Waals surface area (Å²) in [5.74, 6) is -0.101. The third-order valence-corrected chi connectivity index (χ3v) is 4.13. The summed E-state index contributed by atoms with van der Waals surface area (Å²) in [6.45, 7) is 2.69. The van der Waals surface area contributed by atoms with Gasteiger partial charge in [-0.2, -0.15) is 0 Å². The number of carbonyl (C=O) groups excluding carboxylic acids is 1. The summed E-state index contributed by atoms with van der Waals surface area (Å²) in [4.78, 5) is 11.6. The first kappa shape index (κ1) is 12.4. The summed E-state index contributed by atoms with van der Waals surface area (Å²) in [5, 5.41) is 3.30. The van der Waals surface area contributed by atoms with Crippen LogP contribution in [-0.2, 0) is 9.53 Å². The molecule has 0 saturated heterocycles. The van der Waals surface area contributed by atoms with Gasteiger partial charge in [0.05, 0.1) is 12.5 Å². The van der Waals surface area contributed by atoms with E-state index in [0.29, 0.717) is 6.54 Å². The van der Waals surface area contributed by atoms with E-state index in [1.807, 2.05) is 25.1 Å². The van der Waals surface area contributed by atoms with Gasteiger partial charge in [-0.25, -0.2) is 0 Å². The van der Waals surface area contributed by atoms with Crippen LogP contribution in [0.1, 0.15) is 18.4 Å². The summed E-state index contributed by atoms with van der Waals surface area (Å²) < 4.78 is 5.90. The van der Waals surface area contributed by atoms with Gasteiger partial charge >= 0.3 is 5.97 Å². The first-order valence-corrected chi connectivity index (χ1v) is 6.45. The molecule has 1 aliphatic carbocycles. The molecular weight excluding hydrogens is 282 g/mol. The van der Waals surface area contributed by atoms with Crippen LogP contribution in [0.15, 0.2) is 22.7 Å². The number of methoxy groups -OCH3 is 1. The van der Waals surface area contributed by atoms with Crippen molar-refractivity contribution in [3.8, 4) is 0 Å². The average molecular weight is 298 g/mol. The van der Waals surface area contributed by atoms with E-state index in [1.165, 1.54) is 12.7 Å². The molecule has 0 heterocycles. The highest BCUT2D eigenvalue weighted by Crippen LogP contribution is 2.46.